The van der Waals surface area contributed by atoms with Gasteiger partial charge in [-0.05, 0) is 51.2 Å². The standard InChI is InChI=1S/C21H31NO3/c1-21(2,3)25-20(23)22-15-19(16-22)13-7-4-5-10-14-24-17-18-11-8-6-9-12-18/h6,8-9,11-13H,4-5,7,10,14-17H2,1-3H3. The Morgan fingerprint density at radius 1 is 1.12 bits per heavy atom. The van der Waals surface area contributed by atoms with E-state index in [1.807, 2.05) is 39.0 Å². The molecular formula is C21H31NO3. The third-order valence-corrected chi connectivity index (χ3v) is 3.98. The van der Waals surface area contributed by atoms with Gasteiger partial charge < -0.3 is 14.4 Å². The highest BCUT2D eigenvalue weighted by molar-refractivity contribution is 5.70. The summed E-state index contributed by atoms with van der Waals surface area (Å²) in [6, 6.07) is 10.3. The van der Waals surface area contributed by atoms with Gasteiger partial charge in [-0.2, -0.15) is 0 Å². The Bertz CT molecular complexity index is 552. The molecule has 1 aromatic carbocycles. The highest BCUT2D eigenvalue weighted by Crippen LogP contribution is 2.19. The van der Waals surface area contributed by atoms with Crippen molar-refractivity contribution in [2.24, 2.45) is 0 Å². The van der Waals surface area contributed by atoms with Gasteiger partial charge in [-0.25, -0.2) is 4.79 Å². The van der Waals surface area contributed by atoms with E-state index in [2.05, 4.69) is 18.2 Å². The lowest BCUT2D eigenvalue weighted by molar-refractivity contribution is 0.0213. The van der Waals surface area contributed by atoms with E-state index in [-0.39, 0.29) is 6.09 Å². The zero-order valence-electron chi connectivity index (χ0n) is 15.8. The number of carbonyl (C=O) groups excluding carboxylic acids is 1. The van der Waals surface area contributed by atoms with Crippen LogP contribution in [0.2, 0.25) is 0 Å². The van der Waals surface area contributed by atoms with Crippen LogP contribution in [-0.4, -0.2) is 36.3 Å². The number of carbonyl (C=O) groups is 1. The minimum atomic E-state index is -0.418. The second-order valence-electron chi connectivity index (χ2n) is 7.59. The van der Waals surface area contributed by atoms with Crippen LogP contribution in [0.1, 0.15) is 52.0 Å². The highest BCUT2D eigenvalue weighted by Gasteiger charge is 2.29. The van der Waals surface area contributed by atoms with Crippen molar-refractivity contribution in [3.05, 3.63) is 47.5 Å². The molecule has 1 heterocycles. The molecule has 138 valence electrons. The lowest BCUT2D eigenvalue weighted by Gasteiger charge is -2.35. The number of hydrogen-bond donors (Lipinski definition) is 0. The van der Waals surface area contributed by atoms with Gasteiger partial charge in [0, 0.05) is 19.7 Å². The van der Waals surface area contributed by atoms with Gasteiger partial charge in [0.05, 0.1) is 6.61 Å². The molecular weight excluding hydrogens is 314 g/mol. The second kappa shape index (κ2) is 9.62. The molecule has 0 radical (unpaired) electrons. The van der Waals surface area contributed by atoms with Gasteiger partial charge in [0.2, 0.25) is 0 Å². The van der Waals surface area contributed by atoms with Gasteiger partial charge in [-0.15, -0.1) is 0 Å². The first-order chi connectivity index (χ1) is 11.9. The van der Waals surface area contributed by atoms with Gasteiger partial charge in [-0.1, -0.05) is 42.8 Å². The van der Waals surface area contributed by atoms with Crippen LogP contribution in [0.25, 0.3) is 0 Å². The normalized spacial score (nSPS) is 14.2. The maximum absolute atomic E-state index is 11.8. The topological polar surface area (TPSA) is 38.8 Å². The van der Waals surface area contributed by atoms with Crippen molar-refractivity contribution < 1.29 is 14.3 Å². The summed E-state index contributed by atoms with van der Waals surface area (Å²) in [7, 11) is 0. The second-order valence-corrected chi connectivity index (χ2v) is 7.59. The predicted octanol–water partition coefficient (Wildman–Crippen LogP) is 4.94. The summed E-state index contributed by atoms with van der Waals surface area (Å²) in [5.74, 6) is 0. The van der Waals surface area contributed by atoms with Crippen molar-refractivity contribution >= 4 is 6.09 Å². The van der Waals surface area contributed by atoms with E-state index in [0.29, 0.717) is 6.61 Å². The minimum Gasteiger partial charge on any atom is -0.444 e. The van der Waals surface area contributed by atoms with Gasteiger partial charge in [0.15, 0.2) is 0 Å². The molecule has 0 saturated carbocycles. The van der Waals surface area contributed by atoms with Crippen molar-refractivity contribution in [3.8, 4) is 0 Å². The number of benzene rings is 1. The number of ether oxygens (including phenoxy) is 2. The number of rotatable bonds is 8. The number of hydrogen-bond acceptors (Lipinski definition) is 3. The Balaban J connectivity index is 1.46. The monoisotopic (exact) mass is 345 g/mol. The first kappa shape index (κ1) is 19.5. The molecule has 0 unspecified atom stereocenters. The molecule has 4 heteroatoms. The number of allylic oxidation sites excluding steroid dienone is 1. The summed E-state index contributed by atoms with van der Waals surface area (Å²) in [5.41, 5.74) is 2.15. The molecule has 0 atom stereocenters. The van der Waals surface area contributed by atoms with Gasteiger partial charge in [-0.3, -0.25) is 0 Å². The van der Waals surface area contributed by atoms with Crippen LogP contribution in [0, 0.1) is 0 Å². The molecule has 4 nitrogen and oxygen atoms in total. The minimum absolute atomic E-state index is 0.208. The van der Waals surface area contributed by atoms with Crippen LogP contribution in [0.5, 0.6) is 0 Å². The predicted molar refractivity (Wildman–Crippen MR) is 100 cm³/mol. The van der Waals surface area contributed by atoms with E-state index in [1.54, 1.807) is 4.90 Å². The Labute approximate surface area is 151 Å². The number of likely N-dealkylation sites (tertiary alicyclic amines) is 1. The first-order valence-electron chi connectivity index (χ1n) is 9.21. The summed E-state index contributed by atoms with van der Waals surface area (Å²) < 4.78 is 11.0. The Kier molecular flexibility index (Phi) is 7.51. The molecule has 0 N–H and O–H groups in total. The molecule has 1 fully saturated rings. The first-order valence-corrected chi connectivity index (χ1v) is 9.21. The largest absolute Gasteiger partial charge is 0.444 e. The highest BCUT2D eigenvalue weighted by atomic mass is 16.6. The summed E-state index contributed by atoms with van der Waals surface area (Å²) >= 11 is 0. The maximum Gasteiger partial charge on any atom is 0.410 e. The van der Waals surface area contributed by atoms with E-state index in [9.17, 15) is 4.79 Å². The quantitative estimate of drug-likeness (QED) is 0.495. The Hall–Kier alpha value is -1.81. The molecule has 0 spiro atoms. The Morgan fingerprint density at radius 2 is 1.84 bits per heavy atom. The molecule has 2 rings (SSSR count). The van der Waals surface area contributed by atoms with Crippen molar-refractivity contribution in [2.75, 3.05) is 19.7 Å². The van der Waals surface area contributed by atoms with E-state index in [4.69, 9.17) is 9.47 Å². The van der Waals surface area contributed by atoms with Crippen molar-refractivity contribution in [1.29, 1.82) is 0 Å². The number of nitrogens with zero attached hydrogens (tertiary/aromatic N) is 1. The molecule has 25 heavy (non-hydrogen) atoms. The van der Waals surface area contributed by atoms with Gasteiger partial charge >= 0.3 is 6.09 Å². The molecule has 0 aromatic heterocycles. The van der Waals surface area contributed by atoms with Crippen LogP contribution >= 0.6 is 0 Å². The zero-order valence-corrected chi connectivity index (χ0v) is 15.8. The lowest BCUT2D eigenvalue weighted by Crippen LogP contribution is -2.46. The molecule has 1 amide bonds. The number of unbranched alkanes of at least 4 members (excludes halogenated alkanes) is 3. The average molecular weight is 345 g/mol. The molecule has 1 aromatic rings. The Morgan fingerprint density at radius 3 is 2.52 bits per heavy atom. The molecule has 1 aliphatic rings. The van der Waals surface area contributed by atoms with Gasteiger partial charge in [0.25, 0.3) is 0 Å². The fourth-order valence-corrected chi connectivity index (χ4v) is 2.62. The molecule has 0 bridgehead atoms. The van der Waals surface area contributed by atoms with Crippen LogP contribution in [0.15, 0.2) is 42.0 Å². The summed E-state index contributed by atoms with van der Waals surface area (Å²) in [6.45, 7) is 8.63. The van der Waals surface area contributed by atoms with Crippen LogP contribution in [0.3, 0.4) is 0 Å². The van der Waals surface area contributed by atoms with Crippen molar-refractivity contribution in [3.63, 3.8) is 0 Å². The van der Waals surface area contributed by atoms with Crippen LogP contribution in [0.4, 0.5) is 4.79 Å². The van der Waals surface area contributed by atoms with E-state index < -0.39 is 5.60 Å². The summed E-state index contributed by atoms with van der Waals surface area (Å²) in [4.78, 5) is 13.6. The van der Waals surface area contributed by atoms with E-state index in [0.717, 1.165) is 32.5 Å². The van der Waals surface area contributed by atoms with Gasteiger partial charge in [0.1, 0.15) is 5.60 Å². The fraction of sp³-hybridized carbons (Fsp3) is 0.571. The van der Waals surface area contributed by atoms with E-state index >= 15 is 0 Å². The molecule has 1 aliphatic heterocycles. The fourth-order valence-electron chi connectivity index (χ4n) is 2.62. The van der Waals surface area contributed by atoms with Crippen LogP contribution in [-0.2, 0) is 16.1 Å². The van der Waals surface area contributed by atoms with E-state index in [1.165, 1.54) is 24.0 Å². The third-order valence-electron chi connectivity index (χ3n) is 3.98. The third kappa shape index (κ3) is 7.74. The summed E-state index contributed by atoms with van der Waals surface area (Å²) in [5, 5.41) is 0. The smallest absolute Gasteiger partial charge is 0.410 e. The molecule has 1 saturated heterocycles. The van der Waals surface area contributed by atoms with Crippen molar-refractivity contribution in [2.45, 2.75) is 58.7 Å². The lowest BCUT2D eigenvalue weighted by atomic mass is 10.1. The molecule has 0 aliphatic carbocycles. The van der Waals surface area contributed by atoms with Crippen molar-refractivity contribution in [1.82, 2.24) is 4.90 Å². The maximum atomic E-state index is 11.8. The zero-order chi connectivity index (χ0) is 18.1. The average Bonchev–Trinajstić information content (AvgIpc) is 2.50. The SMILES string of the molecule is CC(C)(C)OC(=O)N1CC(=CCCCCCOCc2ccccc2)C1. The summed E-state index contributed by atoms with van der Waals surface area (Å²) in [6.07, 6.45) is 6.58. The van der Waals surface area contributed by atoms with Crippen LogP contribution < -0.4 is 0 Å². The number of amides is 1.